The van der Waals surface area contributed by atoms with Crippen molar-refractivity contribution in [1.82, 2.24) is 4.98 Å². The summed E-state index contributed by atoms with van der Waals surface area (Å²) in [5.41, 5.74) is 7.30. The van der Waals surface area contributed by atoms with Gasteiger partial charge >= 0.3 is 0 Å². The summed E-state index contributed by atoms with van der Waals surface area (Å²) in [5, 5.41) is 0.726. The van der Waals surface area contributed by atoms with Gasteiger partial charge in [0.25, 0.3) is 0 Å². The molecule has 0 radical (unpaired) electrons. The summed E-state index contributed by atoms with van der Waals surface area (Å²) < 4.78 is 13.7. The van der Waals surface area contributed by atoms with Crippen molar-refractivity contribution < 1.29 is 4.39 Å². The van der Waals surface area contributed by atoms with Crippen LogP contribution in [0.2, 0.25) is 0 Å². The fraction of sp³-hybridized carbons (Fsp3) is 0.357. The number of halogens is 1. The Morgan fingerprint density at radius 3 is 2.67 bits per heavy atom. The second-order valence-electron chi connectivity index (χ2n) is 4.67. The average Bonchev–Trinajstić information content (AvgIpc) is 2.71. The zero-order valence-electron chi connectivity index (χ0n) is 10.6. The number of thiazole rings is 1. The Labute approximate surface area is 111 Å². The van der Waals surface area contributed by atoms with E-state index < -0.39 is 0 Å². The van der Waals surface area contributed by atoms with Gasteiger partial charge in [-0.05, 0) is 24.5 Å². The van der Waals surface area contributed by atoms with Crippen molar-refractivity contribution in [3.05, 3.63) is 40.7 Å². The van der Waals surface area contributed by atoms with E-state index in [1.807, 2.05) is 6.07 Å². The van der Waals surface area contributed by atoms with Gasteiger partial charge in [-0.15, -0.1) is 11.3 Å². The Morgan fingerprint density at radius 1 is 1.33 bits per heavy atom. The van der Waals surface area contributed by atoms with Crippen LogP contribution in [0.1, 0.15) is 24.4 Å². The minimum Gasteiger partial charge on any atom is -0.326 e. The summed E-state index contributed by atoms with van der Waals surface area (Å²) in [4.78, 5) is 5.61. The summed E-state index contributed by atoms with van der Waals surface area (Å²) in [6.45, 7) is 4.75. The molecule has 0 fully saturated rings. The zero-order chi connectivity index (χ0) is 13.1. The summed E-state index contributed by atoms with van der Waals surface area (Å²) >= 11 is 1.49. The third-order valence-corrected chi connectivity index (χ3v) is 3.82. The lowest BCUT2D eigenvalue weighted by Crippen LogP contribution is -2.02. The van der Waals surface area contributed by atoms with Gasteiger partial charge in [0.2, 0.25) is 0 Å². The van der Waals surface area contributed by atoms with Crippen LogP contribution in [0.3, 0.4) is 0 Å². The minimum absolute atomic E-state index is 0.231. The van der Waals surface area contributed by atoms with Gasteiger partial charge in [-0.25, -0.2) is 9.37 Å². The van der Waals surface area contributed by atoms with Gasteiger partial charge in [-0.2, -0.15) is 0 Å². The highest BCUT2D eigenvalue weighted by Crippen LogP contribution is 2.30. The highest BCUT2D eigenvalue weighted by atomic mass is 32.1. The van der Waals surface area contributed by atoms with Crippen molar-refractivity contribution in [2.45, 2.75) is 26.8 Å². The van der Waals surface area contributed by atoms with Gasteiger partial charge in [0.05, 0.1) is 5.69 Å². The molecule has 4 heteroatoms. The molecule has 0 unspecified atom stereocenters. The minimum atomic E-state index is -0.231. The van der Waals surface area contributed by atoms with Crippen molar-refractivity contribution in [3.8, 4) is 10.6 Å². The monoisotopic (exact) mass is 264 g/mol. The molecule has 0 spiro atoms. The lowest BCUT2D eigenvalue weighted by Gasteiger charge is -2.02. The largest absolute Gasteiger partial charge is 0.326 e. The van der Waals surface area contributed by atoms with Crippen LogP contribution in [0, 0.1) is 11.7 Å². The Hall–Kier alpha value is -1.26. The van der Waals surface area contributed by atoms with Gasteiger partial charge < -0.3 is 5.73 Å². The van der Waals surface area contributed by atoms with Crippen molar-refractivity contribution >= 4 is 11.3 Å². The Balaban J connectivity index is 2.41. The second kappa shape index (κ2) is 5.59. The Kier molecular flexibility index (Phi) is 4.09. The summed E-state index contributed by atoms with van der Waals surface area (Å²) in [7, 11) is 0. The van der Waals surface area contributed by atoms with E-state index in [4.69, 9.17) is 5.73 Å². The lowest BCUT2D eigenvalue weighted by atomic mass is 10.1. The summed E-state index contributed by atoms with van der Waals surface area (Å²) in [6.07, 6.45) is 0.886. The van der Waals surface area contributed by atoms with Gasteiger partial charge in [-0.1, -0.05) is 26.0 Å². The molecule has 18 heavy (non-hydrogen) atoms. The molecule has 2 aromatic rings. The van der Waals surface area contributed by atoms with Gasteiger partial charge in [-0.3, -0.25) is 0 Å². The standard InChI is InChI=1S/C14H17FN2S/c1-9(2)7-12-13(8-16)18-14(17-12)10-5-3-4-6-11(10)15/h3-6,9H,7-8,16H2,1-2H3. The lowest BCUT2D eigenvalue weighted by molar-refractivity contribution is 0.628. The van der Waals surface area contributed by atoms with Crippen LogP contribution in [0.15, 0.2) is 24.3 Å². The van der Waals surface area contributed by atoms with Gasteiger partial charge in [0, 0.05) is 17.0 Å². The van der Waals surface area contributed by atoms with Crippen molar-refractivity contribution in [1.29, 1.82) is 0 Å². The average molecular weight is 264 g/mol. The number of aromatic nitrogens is 1. The zero-order valence-corrected chi connectivity index (χ0v) is 11.4. The number of rotatable bonds is 4. The first-order valence-corrected chi connectivity index (χ1v) is 6.87. The van der Waals surface area contributed by atoms with Crippen LogP contribution in [0.4, 0.5) is 4.39 Å². The first-order valence-electron chi connectivity index (χ1n) is 6.05. The van der Waals surface area contributed by atoms with E-state index in [1.54, 1.807) is 12.1 Å². The first kappa shape index (κ1) is 13.2. The maximum Gasteiger partial charge on any atom is 0.133 e. The molecule has 0 amide bonds. The second-order valence-corrected chi connectivity index (χ2v) is 5.75. The highest BCUT2D eigenvalue weighted by Gasteiger charge is 2.14. The maximum absolute atomic E-state index is 13.7. The predicted octanol–water partition coefficient (Wildman–Crippen LogP) is 3.61. The van der Waals surface area contributed by atoms with Gasteiger partial charge in [0.15, 0.2) is 0 Å². The van der Waals surface area contributed by atoms with E-state index >= 15 is 0 Å². The van der Waals surface area contributed by atoms with Crippen molar-refractivity contribution in [2.75, 3.05) is 0 Å². The predicted molar refractivity (Wildman–Crippen MR) is 73.9 cm³/mol. The van der Waals surface area contributed by atoms with Crippen LogP contribution < -0.4 is 5.73 Å². The molecule has 96 valence electrons. The molecular formula is C14H17FN2S. The molecule has 1 aromatic carbocycles. The van der Waals surface area contributed by atoms with Crippen LogP contribution in [-0.4, -0.2) is 4.98 Å². The quantitative estimate of drug-likeness (QED) is 0.916. The molecular weight excluding hydrogens is 247 g/mol. The van der Waals surface area contributed by atoms with E-state index in [1.165, 1.54) is 17.4 Å². The van der Waals surface area contributed by atoms with Crippen molar-refractivity contribution in [2.24, 2.45) is 11.7 Å². The topological polar surface area (TPSA) is 38.9 Å². The molecule has 1 aromatic heterocycles. The third-order valence-electron chi connectivity index (χ3n) is 2.67. The van der Waals surface area contributed by atoms with E-state index in [9.17, 15) is 4.39 Å². The Bertz CT molecular complexity index is 534. The van der Waals surface area contributed by atoms with Crippen LogP contribution in [0.25, 0.3) is 10.6 Å². The fourth-order valence-electron chi connectivity index (χ4n) is 1.84. The molecule has 0 aliphatic rings. The van der Waals surface area contributed by atoms with Crippen LogP contribution in [-0.2, 0) is 13.0 Å². The number of hydrogen-bond acceptors (Lipinski definition) is 3. The molecule has 1 heterocycles. The number of benzene rings is 1. The van der Waals surface area contributed by atoms with E-state index in [-0.39, 0.29) is 5.82 Å². The number of hydrogen-bond donors (Lipinski definition) is 1. The molecule has 0 bridgehead atoms. The molecule has 0 saturated heterocycles. The normalized spacial score (nSPS) is 11.2. The molecule has 2 nitrogen and oxygen atoms in total. The molecule has 0 aliphatic carbocycles. The smallest absolute Gasteiger partial charge is 0.133 e. The third kappa shape index (κ3) is 2.76. The van der Waals surface area contributed by atoms with E-state index in [0.717, 1.165) is 22.0 Å². The molecule has 0 saturated carbocycles. The first-order chi connectivity index (χ1) is 8.61. The fourth-order valence-corrected chi connectivity index (χ4v) is 2.83. The van der Waals surface area contributed by atoms with E-state index in [2.05, 4.69) is 18.8 Å². The maximum atomic E-state index is 13.7. The Morgan fingerprint density at radius 2 is 2.06 bits per heavy atom. The number of nitrogens with zero attached hydrogens (tertiary/aromatic N) is 1. The summed E-state index contributed by atoms with van der Waals surface area (Å²) in [6, 6.07) is 6.73. The highest BCUT2D eigenvalue weighted by molar-refractivity contribution is 7.15. The van der Waals surface area contributed by atoms with E-state index in [0.29, 0.717) is 18.0 Å². The van der Waals surface area contributed by atoms with Crippen LogP contribution in [0.5, 0.6) is 0 Å². The van der Waals surface area contributed by atoms with Crippen LogP contribution >= 0.6 is 11.3 Å². The molecule has 2 N–H and O–H groups in total. The number of nitrogens with two attached hydrogens (primary N) is 1. The molecule has 0 aliphatic heterocycles. The van der Waals surface area contributed by atoms with Gasteiger partial charge in [0.1, 0.15) is 10.8 Å². The summed E-state index contributed by atoms with van der Waals surface area (Å²) in [5.74, 6) is 0.289. The SMILES string of the molecule is CC(C)Cc1nc(-c2ccccc2F)sc1CN. The molecule has 0 atom stereocenters. The molecule has 2 rings (SSSR count). The van der Waals surface area contributed by atoms with Crippen molar-refractivity contribution in [3.63, 3.8) is 0 Å².